The normalized spacial score (nSPS) is 20.6. The van der Waals surface area contributed by atoms with E-state index in [2.05, 4.69) is 17.1 Å². The predicted molar refractivity (Wildman–Crippen MR) is 102 cm³/mol. The largest absolute Gasteiger partial charge is 0.469 e. The number of aliphatic imine (C=N–C) groups is 1. The van der Waals surface area contributed by atoms with Gasteiger partial charge in [0.15, 0.2) is 5.96 Å². The van der Waals surface area contributed by atoms with E-state index in [4.69, 9.17) is 14.1 Å². The average Bonchev–Trinajstić information content (AvgIpc) is 3.18. The van der Waals surface area contributed by atoms with Gasteiger partial charge in [-0.25, -0.2) is 0 Å². The van der Waals surface area contributed by atoms with Crippen LogP contribution >= 0.6 is 24.0 Å². The SMILES string of the molecule is CCNC(=NCCc1ccco1)N1CCC2(CCOCC2)C1.I. The van der Waals surface area contributed by atoms with Gasteiger partial charge in [-0.2, -0.15) is 0 Å². The van der Waals surface area contributed by atoms with Gasteiger partial charge < -0.3 is 19.4 Å². The molecule has 0 aliphatic carbocycles. The number of nitrogens with one attached hydrogen (secondary N) is 1. The second kappa shape index (κ2) is 8.92. The maximum Gasteiger partial charge on any atom is 0.193 e. The van der Waals surface area contributed by atoms with Crippen LogP contribution in [0.1, 0.15) is 31.9 Å². The Bertz CT molecular complexity index is 484. The van der Waals surface area contributed by atoms with Crippen molar-refractivity contribution in [1.82, 2.24) is 10.2 Å². The van der Waals surface area contributed by atoms with Crippen molar-refractivity contribution < 1.29 is 9.15 Å². The van der Waals surface area contributed by atoms with E-state index in [1.807, 2.05) is 12.1 Å². The Morgan fingerprint density at radius 1 is 1.35 bits per heavy atom. The summed E-state index contributed by atoms with van der Waals surface area (Å²) < 4.78 is 10.9. The molecule has 0 radical (unpaired) electrons. The molecule has 3 rings (SSSR count). The first-order valence-electron chi connectivity index (χ1n) is 8.45. The Labute approximate surface area is 155 Å². The van der Waals surface area contributed by atoms with E-state index < -0.39 is 0 Å². The smallest absolute Gasteiger partial charge is 0.193 e. The van der Waals surface area contributed by atoms with Gasteiger partial charge in [-0.3, -0.25) is 4.99 Å². The standard InChI is InChI=1S/C17H27N3O2.HI/c1-2-18-16(19-9-5-15-4-3-11-22-15)20-10-6-17(14-20)7-12-21-13-8-17;/h3-4,11H,2,5-10,12-14H2,1H3,(H,18,19);1H. The summed E-state index contributed by atoms with van der Waals surface area (Å²) in [7, 11) is 0. The Morgan fingerprint density at radius 2 is 2.17 bits per heavy atom. The van der Waals surface area contributed by atoms with Crippen molar-refractivity contribution in [3.8, 4) is 0 Å². The van der Waals surface area contributed by atoms with Crippen LogP contribution in [0.25, 0.3) is 0 Å². The molecule has 1 aromatic rings. The summed E-state index contributed by atoms with van der Waals surface area (Å²) in [6, 6.07) is 3.94. The molecule has 2 fully saturated rings. The summed E-state index contributed by atoms with van der Waals surface area (Å²) in [5, 5.41) is 3.44. The first kappa shape index (κ1) is 18.6. The van der Waals surface area contributed by atoms with Crippen LogP contribution in [-0.4, -0.2) is 50.3 Å². The van der Waals surface area contributed by atoms with Gasteiger partial charge in [0.2, 0.25) is 0 Å². The van der Waals surface area contributed by atoms with Crippen molar-refractivity contribution >= 4 is 29.9 Å². The lowest BCUT2D eigenvalue weighted by Crippen LogP contribution is -2.42. The fraction of sp³-hybridized carbons (Fsp3) is 0.706. The van der Waals surface area contributed by atoms with Crippen LogP contribution in [0.15, 0.2) is 27.8 Å². The molecule has 130 valence electrons. The molecule has 2 saturated heterocycles. The molecule has 0 saturated carbocycles. The van der Waals surface area contributed by atoms with Crippen molar-refractivity contribution in [2.45, 2.75) is 32.6 Å². The summed E-state index contributed by atoms with van der Waals surface area (Å²) in [6.07, 6.45) is 6.22. The molecule has 1 spiro atoms. The Kier molecular flexibility index (Phi) is 7.20. The van der Waals surface area contributed by atoms with Gasteiger partial charge in [-0.1, -0.05) is 0 Å². The molecule has 0 aromatic carbocycles. The number of ether oxygens (including phenoxy) is 1. The van der Waals surface area contributed by atoms with E-state index in [0.717, 1.165) is 57.5 Å². The number of hydrogen-bond acceptors (Lipinski definition) is 3. The molecule has 3 heterocycles. The zero-order chi connectivity index (χ0) is 15.3. The van der Waals surface area contributed by atoms with Crippen LogP contribution in [0, 0.1) is 5.41 Å². The lowest BCUT2D eigenvalue weighted by atomic mass is 9.80. The van der Waals surface area contributed by atoms with E-state index in [1.54, 1.807) is 6.26 Å². The summed E-state index contributed by atoms with van der Waals surface area (Å²) >= 11 is 0. The molecule has 6 heteroatoms. The number of rotatable bonds is 4. The van der Waals surface area contributed by atoms with Gasteiger partial charge in [-0.05, 0) is 43.7 Å². The number of halogens is 1. The van der Waals surface area contributed by atoms with E-state index in [0.29, 0.717) is 5.41 Å². The Morgan fingerprint density at radius 3 is 2.87 bits per heavy atom. The molecular formula is C17H28IN3O2. The fourth-order valence-corrected chi connectivity index (χ4v) is 3.48. The average molecular weight is 433 g/mol. The van der Waals surface area contributed by atoms with Crippen molar-refractivity contribution in [3.05, 3.63) is 24.2 Å². The van der Waals surface area contributed by atoms with Crippen LogP contribution in [0.2, 0.25) is 0 Å². The Hall–Kier alpha value is -0.760. The minimum absolute atomic E-state index is 0. The van der Waals surface area contributed by atoms with Gasteiger partial charge in [0.05, 0.1) is 6.26 Å². The van der Waals surface area contributed by atoms with E-state index in [-0.39, 0.29) is 24.0 Å². The molecule has 0 unspecified atom stereocenters. The first-order chi connectivity index (χ1) is 10.8. The van der Waals surface area contributed by atoms with E-state index in [1.165, 1.54) is 19.3 Å². The number of guanidine groups is 1. The molecule has 23 heavy (non-hydrogen) atoms. The van der Waals surface area contributed by atoms with Crippen molar-refractivity contribution in [1.29, 1.82) is 0 Å². The molecule has 1 N–H and O–H groups in total. The highest BCUT2D eigenvalue weighted by Crippen LogP contribution is 2.39. The van der Waals surface area contributed by atoms with E-state index in [9.17, 15) is 0 Å². The predicted octanol–water partition coefficient (Wildman–Crippen LogP) is 2.91. The highest BCUT2D eigenvalue weighted by Gasteiger charge is 2.40. The van der Waals surface area contributed by atoms with Crippen LogP contribution < -0.4 is 5.32 Å². The summed E-state index contributed by atoms with van der Waals surface area (Å²) in [4.78, 5) is 7.22. The number of hydrogen-bond donors (Lipinski definition) is 1. The molecule has 1 aromatic heterocycles. The third-order valence-corrected chi connectivity index (χ3v) is 4.83. The molecule has 0 atom stereocenters. The number of nitrogens with zero attached hydrogens (tertiary/aromatic N) is 2. The van der Waals surface area contributed by atoms with Crippen LogP contribution in [0.3, 0.4) is 0 Å². The highest BCUT2D eigenvalue weighted by atomic mass is 127. The van der Waals surface area contributed by atoms with Gasteiger partial charge in [0.25, 0.3) is 0 Å². The maximum atomic E-state index is 5.53. The quantitative estimate of drug-likeness (QED) is 0.451. The lowest BCUT2D eigenvalue weighted by molar-refractivity contribution is 0.0217. The molecular weight excluding hydrogens is 405 g/mol. The van der Waals surface area contributed by atoms with Crippen LogP contribution in [-0.2, 0) is 11.2 Å². The van der Waals surface area contributed by atoms with Gasteiger partial charge in [0, 0.05) is 45.8 Å². The van der Waals surface area contributed by atoms with Crippen molar-refractivity contribution in [2.75, 3.05) is 39.4 Å². The molecule has 0 bridgehead atoms. The number of furan rings is 1. The third kappa shape index (κ3) is 4.86. The topological polar surface area (TPSA) is 50.0 Å². The Balaban J connectivity index is 0.00000192. The molecule has 2 aliphatic rings. The third-order valence-electron chi connectivity index (χ3n) is 4.83. The van der Waals surface area contributed by atoms with Crippen molar-refractivity contribution in [2.24, 2.45) is 10.4 Å². The second-order valence-corrected chi connectivity index (χ2v) is 6.35. The number of likely N-dealkylation sites (tertiary alicyclic amines) is 1. The lowest BCUT2D eigenvalue weighted by Gasteiger charge is -2.33. The van der Waals surface area contributed by atoms with Crippen LogP contribution in [0.4, 0.5) is 0 Å². The van der Waals surface area contributed by atoms with Gasteiger partial charge >= 0.3 is 0 Å². The second-order valence-electron chi connectivity index (χ2n) is 6.35. The monoisotopic (exact) mass is 433 g/mol. The van der Waals surface area contributed by atoms with E-state index >= 15 is 0 Å². The zero-order valence-corrected chi connectivity index (χ0v) is 16.3. The molecule has 2 aliphatic heterocycles. The molecule has 0 amide bonds. The molecule has 5 nitrogen and oxygen atoms in total. The van der Waals surface area contributed by atoms with Crippen LogP contribution in [0.5, 0.6) is 0 Å². The van der Waals surface area contributed by atoms with Crippen molar-refractivity contribution in [3.63, 3.8) is 0 Å². The minimum Gasteiger partial charge on any atom is -0.469 e. The van der Waals surface area contributed by atoms with Gasteiger partial charge in [0.1, 0.15) is 5.76 Å². The summed E-state index contributed by atoms with van der Waals surface area (Å²) in [5.74, 6) is 2.05. The van der Waals surface area contributed by atoms with Gasteiger partial charge in [-0.15, -0.1) is 24.0 Å². The first-order valence-corrected chi connectivity index (χ1v) is 8.45. The summed E-state index contributed by atoms with van der Waals surface area (Å²) in [5.41, 5.74) is 0.454. The fourth-order valence-electron chi connectivity index (χ4n) is 3.48. The minimum atomic E-state index is 0. The summed E-state index contributed by atoms with van der Waals surface area (Å²) in [6.45, 7) is 7.85. The zero-order valence-electron chi connectivity index (χ0n) is 13.9. The highest BCUT2D eigenvalue weighted by molar-refractivity contribution is 14.0. The maximum absolute atomic E-state index is 5.53.